The van der Waals surface area contributed by atoms with Crippen molar-refractivity contribution >= 4 is 5.91 Å². The van der Waals surface area contributed by atoms with Gasteiger partial charge in [-0.05, 0) is 54.7 Å². The van der Waals surface area contributed by atoms with Crippen molar-refractivity contribution in [1.82, 2.24) is 9.88 Å². The first-order valence-electron chi connectivity index (χ1n) is 10.4. The summed E-state index contributed by atoms with van der Waals surface area (Å²) in [5, 5.41) is 3.12. The second-order valence-corrected chi connectivity index (χ2v) is 8.40. The molecule has 4 rings (SSSR count). The van der Waals surface area contributed by atoms with E-state index >= 15 is 0 Å². The number of hydrogen-bond donors (Lipinski definition) is 2. The minimum absolute atomic E-state index is 0.00388. The van der Waals surface area contributed by atoms with E-state index in [1.165, 1.54) is 19.3 Å². The molecule has 1 amide bonds. The average Bonchev–Trinajstić information content (AvgIpc) is 2.69. The number of hydrogen-bond acceptors (Lipinski definition) is 3. The molecule has 5 heteroatoms. The van der Waals surface area contributed by atoms with Crippen LogP contribution < -0.4 is 16.6 Å². The van der Waals surface area contributed by atoms with Crippen LogP contribution in [0.1, 0.15) is 43.2 Å². The third-order valence-electron chi connectivity index (χ3n) is 6.53. The molecule has 0 radical (unpaired) electrons. The molecule has 3 N–H and O–H groups in total. The van der Waals surface area contributed by atoms with Gasteiger partial charge in [0.15, 0.2) is 0 Å². The van der Waals surface area contributed by atoms with Crippen molar-refractivity contribution in [1.29, 1.82) is 0 Å². The maximum Gasteiger partial charge on any atom is 0.250 e. The van der Waals surface area contributed by atoms with Crippen LogP contribution in [0.3, 0.4) is 0 Å². The van der Waals surface area contributed by atoms with E-state index in [0.717, 1.165) is 24.0 Å². The molecule has 2 atom stereocenters. The van der Waals surface area contributed by atoms with E-state index < -0.39 is 0 Å². The highest BCUT2D eigenvalue weighted by molar-refractivity contribution is 5.78. The van der Waals surface area contributed by atoms with Crippen LogP contribution in [0.15, 0.2) is 53.5 Å². The largest absolute Gasteiger partial charge is 0.352 e. The SMILES string of the molecule is NC1C2CCCC1CC(C(=O)NCc1ccc(Cn3ccccc3=O)cc1)C2. The van der Waals surface area contributed by atoms with Gasteiger partial charge < -0.3 is 15.6 Å². The van der Waals surface area contributed by atoms with E-state index in [-0.39, 0.29) is 17.4 Å². The first kappa shape index (κ1) is 18.9. The van der Waals surface area contributed by atoms with E-state index in [9.17, 15) is 9.59 Å². The molecule has 0 spiro atoms. The zero-order chi connectivity index (χ0) is 19.5. The van der Waals surface area contributed by atoms with E-state index in [4.69, 9.17) is 5.73 Å². The summed E-state index contributed by atoms with van der Waals surface area (Å²) in [6.07, 6.45) is 7.28. The van der Waals surface area contributed by atoms with Crippen molar-refractivity contribution in [2.75, 3.05) is 0 Å². The molecule has 0 saturated heterocycles. The lowest BCUT2D eigenvalue weighted by molar-refractivity contribution is -0.128. The molecule has 28 heavy (non-hydrogen) atoms. The molecule has 1 heterocycles. The lowest BCUT2D eigenvalue weighted by Gasteiger charge is -2.43. The summed E-state index contributed by atoms with van der Waals surface area (Å²) in [5.41, 5.74) is 8.47. The van der Waals surface area contributed by atoms with Crippen molar-refractivity contribution in [2.24, 2.45) is 23.5 Å². The van der Waals surface area contributed by atoms with Gasteiger partial charge in [-0.1, -0.05) is 36.8 Å². The topological polar surface area (TPSA) is 77.1 Å². The van der Waals surface area contributed by atoms with Gasteiger partial charge >= 0.3 is 0 Å². The molecule has 1 aromatic carbocycles. The Kier molecular flexibility index (Phi) is 5.62. The number of pyridine rings is 1. The predicted octanol–water partition coefficient (Wildman–Crippen LogP) is 2.67. The Morgan fingerprint density at radius 2 is 1.71 bits per heavy atom. The average molecular weight is 380 g/mol. The first-order valence-corrected chi connectivity index (χ1v) is 10.4. The number of rotatable bonds is 5. The van der Waals surface area contributed by atoms with Gasteiger partial charge in [0.25, 0.3) is 5.56 Å². The summed E-state index contributed by atoms with van der Waals surface area (Å²) in [6.45, 7) is 1.10. The molecule has 2 fully saturated rings. The van der Waals surface area contributed by atoms with Gasteiger partial charge in [0.2, 0.25) is 5.91 Å². The molecule has 2 bridgehead atoms. The second-order valence-electron chi connectivity index (χ2n) is 8.40. The van der Waals surface area contributed by atoms with Crippen LogP contribution in [0.4, 0.5) is 0 Å². The van der Waals surface area contributed by atoms with Crippen molar-refractivity contribution in [3.8, 4) is 0 Å². The van der Waals surface area contributed by atoms with Gasteiger partial charge in [0, 0.05) is 30.8 Å². The molecule has 2 unspecified atom stereocenters. The highest BCUT2D eigenvalue weighted by Gasteiger charge is 2.40. The molecule has 2 saturated carbocycles. The number of benzene rings is 1. The quantitative estimate of drug-likeness (QED) is 0.838. The zero-order valence-electron chi connectivity index (χ0n) is 16.2. The normalized spacial score (nSPS) is 26.6. The van der Waals surface area contributed by atoms with Crippen LogP contribution in [0.25, 0.3) is 0 Å². The fourth-order valence-electron chi connectivity index (χ4n) is 4.89. The Bertz CT molecular complexity index is 860. The highest BCUT2D eigenvalue weighted by atomic mass is 16.2. The number of nitrogens with zero attached hydrogens (tertiary/aromatic N) is 1. The Morgan fingerprint density at radius 3 is 2.39 bits per heavy atom. The summed E-state index contributed by atoms with van der Waals surface area (Å²) in [6, 6.07) is 13.5. The molecule has 1 aromatic heterocycles. The molecule has 148 valence electrons. The van der Waals surface area contributed by atoms with Gasteiger partial charge in [-0.3, -0.25) is 9.59 Å². The van der Waals surface area contributed by atoms with E-state index in [2.05, 4.69) is 5.32 Å². The van der Waals surface area contributed by atoms with E-state index in [0.29, 0.717) is 31.0 Å². The minimum atomic E-state index is -0.00388. The standard InChI is InChI=1S/C23H29N3O2/c24-22-18-4-3-5-19(22)13-20(12-18)23(28)25-14-16-7-9-17(10-8-16)15-26-11-2-1-6-21(26)27/h1-2,6-11,18-20,22H,3-5,12-15,24H2,(H,25,28). The van der Waals surface area contributed by atoms with Gasteiger partial charge in [-0.25, -0.2) is 0 Å². The summed E-state index contributed by atoms with van der Waals surface area (Å²) in [5.74, 6) is 1.32. The van der Waals surface area contributed by atoms with Gasteiger partial charge in [-0.15, -0.1) is 0 Å². The third kappa shape index (κ3) is 4.20. The number of carbonyl (C=O) groups excluding carboxylic acids is 1. The van der Waals surface area contributed by atoms with Crippen LogP contribution in [0.2, 0.25) is 0 Å². The zero-order valence-corrected chi connectivity index (χ0v) is 16.2. The monoisotopic (exact) mass is 379 g/mol. The fourth-order valence-corrected chi connectivity index (χ4v) is 4.89. The van der Waals surface area contributed by atoms with Crippen LogP contribution in [0, 0.1) is 17.8 Å². The lowest BCUT2D eigenvalue weighted by atomic mass is 9.65. The molecular weight excluding hydrogens is 350 g/mol. The Balaban J connectivity index is 1.31. The predicted molar refractivity (Wildman–Crippen MR) is 110 cm³/mol. The summed E-state index contributed by atoms with van der Waals surface area (Å²) in [4.78, 5) is 24.5. The van der Waals surface area contributed by atoms with Crippen molar-refractivity contribution in [3.05, 3.63) is 70.1 Å². The first-order chi connectivity index (χ1) is 13.6. The Labute approximate surface area is 165 Å². The van der Waals surface area contributed by atoms with Crippen molar-refractivity contribution < 1.29 is 4.79 Å². The molecule has 5 nitrogen and oxygen atoms in total. The molecule has 2 aromatic rings. The number of aromatic nitrogens is 1. The summed E-state index contributed by atoms with van der Waals surface area (Å²) >= 11 is 0. The van der Waals surface area contributed by atoms with Crippen LogP contribution in [0.5, 0.6) is 0 Å². The number of amides is 1. The number of carbonyl (C=O) groups is 1. The Hall–Kier alpha value is -2.40. The minimum Gasteiger partial charge on any atom is -0.352 e. The summed E-state index contributed by atoms with van der Waals surface area (Å²) in [7, 11) is 0. The van der Waals surface area contributed by atoms with E-state index in [1.807, 2.05) is 30.3 Å². The van der Waals surface area contributed by atoms with Crippen molar-refractivity contribution in [2.45, 2.75) is 51.2 Å². The van der Waals surface area contributed by atoms with Crippen LogP contribution in [-0.2, 0) is 17.9 Å². The molecular formula is C23H29N3O2. The third-order valence-corrected chi connectivity index (χ3v) is 6.53. The lowest BCUT2D eigenvalue weighted by Crippen LogP contribution is -2.49. The maximum absolute atomic E-state index is 12.7. The van der Waals surface area contributed by atoms with E-state index in [1.54, 1.807) is 22.9 Å². The molecule has 0 aliphatic heterocycles. The van der Waals surface area contributed by atoms with Crippen LogP contribution in [-0.4, -0.2) is 16.5 Å². The maximum atomic E-state index is 12.7. The van der Waals surface area contributed by atoms with Gasteiger partial charge in [0.1, 0.15) is 0 Å². The van der Waals surface area contributed by atoms with Gasteiger partial charge in [-0.2, -0.15) is 0 Å². The van der Waals surface area contributed by atoms with Crippen molar-refractivity contribution in [3.63, 3.8) is 0 Å². The summed E-state index contributed by atoms with van der Waals surface area (Å²) < 4.78 is 1.68. The number of fused-ring (bicyclic) bond motifs is 2. The second kappa shape index (κ2) is 8.31. The van der Waals surface area contributed by atoms with Gasteiger partial charge in [0.05, 0.1) is 6.54 Å². The highest BCUT2D eigenvalue weighted by Crippen LogP contribution is 2.41. The van der Waals surface area contributed by atoms with Crippen LogP contribution >= 0.6 is 0 Å². The Morgan fingerprint density at radius 1 is 1.04 bits per heavy atom. The smallest absolute Gasteiger partial charge is 0.250 e. The molecule has 2 aliphatic carbocycles. The fraction of sp³-hybridized carbons (Fsp3) is 0.478. The number of nitrogens with two attached hydrogens (primary N) is 1. The molecule has 2 aliphatic rings. The number of nitrogens with one attached hydrogen (secondary N) is 1.